The molecule has 2 rings (SSSR count). The van der Waals surface area contributed by atoms with Gasteiger partial charge in [0.05, 0.1) is 5.69 Å². The lowest BCUT2D eigenvalue weighted by molar-refractivity contribution is 0.664. The monoisotopic (exact) mass is 283 g/mol. The van der Waals surface area contributed by atoms with E-state index in [2.05, 4.69) is 72.4 Å². The molecule has 0 spiro atoms. The fraction of sp³-hybridized carbons (Fsp3) is 0.389. The molecule has 3 heteroatoms. The van der Waals surface area contributed by atoms with E-state index in [0.717, 1.165) is 31.7 Å². The molecular formula is C18H25N3. The van der Waals surface area contributed by atoms with E-state index in [9.17, 15) is 0 Å². The summed E-state index contributed by atoms with van der Waals surface area (Å²) in [6.45, 7) is 9.26. The molecule has 0 unspecified atom stereocenters. The molecule has 112 valence electrons. The molecule has 1 aromatic heterocycles. The van der Waals surface area contributed by atoms with Crippen molar-refractivity contribution in [2.45, 2.75) is 33.7 Å². The molecule has 2 aromatic rings. The molecule has 0 bridgehead atoms. The first-order valence-corrected chi connectivity index (χ1v) is 7.74. The minimum absolute atomic E-state index is 0.827. The van der Waals surface area contributed by atoms with Gasteiger partial charge in [0.1, 0.15) is 0 Å². The molecule has 0 aliphatic rings. The molecule has 3 nitrogen and oxygen atoms in total. The SMILES string of the molecule is CCCNCc1cc(N(CC)c2ccc(C)cc2)ccn1. The molecule has 1 aromatic carbocycles. The highest BCUT2D eigenvalue weighted by molar-refractivity contribution is 5.63. The van der Waals surface area contributed by atoms with Crippen molar-refractivity contribution in [3.8, 4) is 0 Å². The lowest BCUT2D eigenvalue weighted by Gasteiger charge is -2.24. The maximum Gasteiger partial charge on any atom is 0.0562 e. The smallest absolute Gasteiger partial charge is 0.0562 e. The zero-order valence-electron chi connectivity index (χ0n) is 13.3. The van der Waals surface area contributed by atoms with Crippen LogP contribution in [0.2, 0.25) is 0 Å². The van der Waals surface area contributed by atoms with E-state index in [0.29, 0.717) is 0 Å². The van der Waals surface area contributed by atoms with Crippen LogP contribution in [0.4, 0.5) is 11.4 Å². The Kier molecular flexibility index (Phi) is 5.76. The van der Waals surface area contributed by atoms with E-state index in [4.69, 9.17) is 0 Å². The van der Waals surface area contributed by atoms with E-state index in [-0.39, 0.29) is 0 Å². The second kappa shape index (κ2) is 7.79. The van der Waals surface area contributed by atoms with Crippen molar-refractivity contribution in [2.24, 2.45) is 0 Å². The first kappa shape index (κ1) is 15.5. The minimum Gasteiger partial charge on any atom is -0.342 e. The van der Waals surface area contributed by atoms with Gasteiger partial charge in [-0.15, -0.1) is 0 Å². The van der Waals surface area contributed by atoms with Crippen molar-refractivity contribution in [1.29, 1.82) is 0 Å². The summed E-state index contributed by atoms with van der Waals surface area (Å²) in [5.74, 6) is 0. The number of rotatable bonds is 7. The summed E-state index contributed by atoms with van der Waals surface area (Å²) < 4.78 is 0. The Morgan fingerprint density at radius 1 is 1.05 bits per heavy atom. The number of anilines is 2. The third-order valence-electron chi connectivity index (χ3n) is 3.51. The second-order valence-electron chi connectivity index (χ2n) is 5.26. The number of aromatic nitrogens is 1. The van der Waals surface area contributed by atoms with E-state index in [1.807, 2.05) is 6.20 Å². The van der Waals surface area contributed by atoms with E-state index in [1.54, 1.807) is 0 Å². The maximum absolute atomic E-state index is 4.45. The van der Waals surface area contributed by atoms with Crippen molar-refractivity contribution in [3.05, 3.63) is 53.9 Å². The van der Waals surface area contributed by atoms with Crippen LogP contribution in [0, 0.1) is 6.92 Å². The number of pyridine rings is 1. The Labute approximate surface area is 128 Å². The fourth-order valence-electron chi connectivity index (χ4n) is 2.36. The van der Waals surface area contributed by atoms with Crippen molar-refractivity contribution in [3.63, 3.8) is 0 Å². The first-order chi connectivity index (χ1) is 10.2. The van der Waals surface area contributed by atoms with Crippen LogP contribution in [0.1, 0.15) is 31.5 Å². The molecule has 0 saturated heterocycles. The number of nitrogens with zero attached hydrogens (tertiary/aromatic N) is 2. The van der Waals surface area contributed by atoms with Crippen LogP contribution in [-0.2, 0) is 6.54 Å². The predicted molar refractivity (Wildman–Crippen MR) is 90.1 cm³/mol. The summed E-state index contributed by atoms with van der Waals surface area (Å²) in [4.78, 5) is 6.76. The van der Waals surface area contributed by atoms with Gasteiger partial charge in [0.2, 0.25) is 0 Å². The van der Waals surface area contributed by atoms with Crippen molar-refractivity contribution < 1.29 is 0 Å². The molecule has 0 amide bonds. The zero-order valence-corrected chi connectivity index (χ0v) is 13.3. The van der Waals surface area contributed by atoms with E-state index in [1.165, 1.54) is 16.9 Å². The second-order valence-corrected chi connectivity index (χ2v) is 5.26. The number of hydrogen-bond acceptors (Lipinski definition) is 3. The number of aryl methyl sites for hydroxylation is 1. The Bertz CT molecular complexity index is 549. The van der Waals surface area contributed by atoms with Crippen molar-refractivity contribution in [1.82, 2.24) is 10.3 Å². The molecule has 21 heavy (non-hydrogen) atoms. The highest BCUT2D eigenvalue weighted by Crippen LogP contribution is 2.25. The molecule has 0 fully saturated rings. The van der Waals surface area contributed by atoms with Crippen LogP contribution in [0.3, 0.4) is 0 Å². The van der Waals surface area contributed by atoms with Crippen LogP contribution in [0.25, 0.3) is 0 Å². The molecular weight excluding hydrogens is 258 g/mol. The largest absolute Gasteiger partial charge is 0.342 e. The highest BCUT2D eigenvalue weighted by Gasteiger charge is 2.08. The number of benzene rings is 1. The van der Waals surface area contributed by atoms with Gasteiger partial charge < -0.3 is 10.2 Å². The van der Waals surface area contributed by atoms with Gasteiger partial charge in [-0.25, -0.2) is 0 Å². The van der Waals surface area contributed by atoms with Crippen LogP contribution >= 0.6 is 0 Å². The Hall–Kier alpha value is -1.87. The number of hydrogen-bond donors (Lipinski definition) is 1. The predicted octanol–water partition coefficient (Wildman–Crippen LogP) is 4.05. The molecule has 0 aliphatic heterocycles. The van der Waals surface area contributed by atoms with Crippen LogP contribution in [-0.4, -0.2) is 18.1 Å². The van der Waals surface area contributed by atoms with Crippen LogP contribution in [0.5, 0.6) is 0 Å². The van der Waals surface area contributed by atoms with Gasteiger partial charge in [-0.3, -0.25) is 4.98 Å². The summed E-state index contributed by atoms with van der Waals surface area (Å²) in [7, 11) is 0. The Morgan fingerprint density at radius 2 is 1.81 bits per heavy atom. The quantitative estimate of drug-likeness (QED) is 0.777. The summed E-state index contributed by atoms with van der Waals surface area (Å²) in [5.41, 5.74) is 4.80. The van der Waals surface area contributed by atoms with Gasteiger partial charge in [0.15, 0.2) is 0 Å². The van der Waals surface area contributed by atoms with E-state index < -0.39 is 0 Å². The molecule has 0 saturated carbocycles. The average molecular weight is 283 g/mol. The Morgan fingerprint density at radius 3 is 2.48 bits per heavy atom. The summed E-state index contributed by atoms with van der Waals surface area (Å²) in [6, 6.07) is 12.9. The van der Waals surface area contributed by atoms with Gasteiger partial charge in [-0.05, 0) is 51.1 Å². The van der Waals surface area contributed by atoms with Gasteiger partial charge in [0.25, 0.3) is 0 Å². The molecule has 0 radical (unpaired) electrons. The maximum atomic E-state index is 4.45. The lowest BCUT2D eigenvalue weighted by atomic mass is 10.2. The summed E-state index contributed by atoms with van der Waals surface area (Å²) >= 11 is 0. The molecule has 0 aliphatic carbocycles. The zero-order chi connectivity index (χ0) is 15.1. The standard InChI is InChI=1S/C18H25N3/c1-4-11-19-14-16-13-18(10-12-20-16)21(5-2)17-8-6-15(3)7-9-17/h6-10,12-13,19H,4-5,11,14H2,1-3H3. The van der Waals surface area contributed by atoms with E-state index >= 15 is 0 Å². The first-order valence-electron chi connectivity index (χ1n) is 7.74. The molecule has 0 atom stereocenters. The number of nitrogens with one attached hydrogen (secondary N) is 1. The third-order valence-corrected chi connectivity index (χ3v) is 3.51. The van der Waals surface area contributed by atoms with Gasteiger partial charge in [-0.2, -0.15) is 0 Å². The van der Waals surface area contributed by atoms with Gasteiger partial charge >= 0.3 is 0 Å². The van der Waals surface area contributed by atoms with Crippen LogP contribution < -0.4 is 10.2 Å². The van der Waals surface area contributed by atoms with Crippen molar-refractivity contribution in [2.75, 3.05) is 18.0 Å². The summed E-state index contributed by atoms with van der Waals surface area (Å²) in [5, 5.41) is 3.40. The molecule has 1 N–H and O–H groups in total. The summed E-state index contributed by atoms with van der Waals surface area (Å²) in [6.07, 6.45) is 3.04. The normalized spacial score (nSPS) is 10.6. The third kappa shape index (κ3) is 4.30. The highest BCUT2D eigenvalue weighted by atomic mass is 15.1. The fourth-order valence-corrected chi connectivity index (χ4v) is 2.36. The lowest BCUT2D eigenvalue weighted by Crippen LogP contribution is -2.18. The Balaban J connectivity index is 2.17. The van der Waals surface area contributed by atoms with Crippen LogP contribution in [0.15, 0.2) is 42.6 Å². The average Bonchev–Trinajstić information content (AvgIpc) is 2.51. The minimum atomic E-state index is 0.827. The molecule has 1 heterocycles. The van der Waals surface area contributed by atoms with Crippen molar-refractivity contribution >= 4 is 11.4 Å². The topological polar surface area (TPSA) is 28.2 Å². The van der Waals surface area contributed by atoms with Gasteiger partial charge in [-0.1, -0.05) is 24.6 Å². The van der Waals surface area contributed by atoms with Gasteiger partial charge in [0, 0.05) is 30.7 Å².